The molecule has 1 N–H and O–H groups in total. The summed E-state index contributed by atoms with van der Waals surface area (Å²) in [5.41, 5.74) is 0. The number of rotatable bonds is 10. The Hall–Kier alpha value is -1.86. The van der Waals surface area contributed by atoms with Crippen LogP contribution in [0.15, 0.2) is 60.7 Å². The summed E-state index contributed by atoms with van der Waals surface area (Å²) in [6.45, 7) is 1.87. The van der Waals surface area contributed by atoms with E-state index < -0.39 is 23.6 Å². The van der Waals surface area contributed by atoms with E-state index in [0.717, 1.165) is 4.31 Å². The van der Waals surface area contributed by atoms with Gasteiger partial charge in [0.2, 0.25) is 0 Å². The molecule has 0 spiro atoms. The highest BCUT2D eigenvalue weighted by molar-refractivity contribution is 7.87. The van der Waals surface area contributed by atoms with Crippen LogP contribution in [0.25, 0.3) is 0 Å². The molecule has 0 saturated carbocycles. The van der Waals surface area contributed by atoms with Gasteiger partial charge in [0.05, 0.1) is 0 Å². The Labute approximate surface area is 161 Å². The van der Waals surface area contributed by atoms with Crippen LogP contribution in [-0.4, -0.2) is 32.6 Å². The quantitative estimate of drug-likeness (QED) is 0.599. The number of hydrogen-bond acceptors (Lipinski definition) is 5. The van der Waals surface area contributed by atoms with Crippen LogP contribution in [0, 0.1) is 0 Å². The second-order valence-electron chi connectivity index (χ2n) is 6.06. The standard InChI is InChI=1S/C18H25N2O5PS/c1-4-11-18(19-27(22,23)20(2)3)26(21,24-16-12-7-5-8-13-16)25-17-14-9-6-10-15-17/h5-10,12-15,18-19H,4,11H2,1-3H3. The second kappa shape index (κ2) is 9.37. The minimum Gasteiger partial charge on any atom is -0.415 e. The summed E-state index contributed by atoms with van der Waals surface area (Å²) in [6.07, 6.45) is 0.866. The first kappa shape index (κ1) is 21.4. The van der Waals surface area contributed by atoms with E-state index in [0.29, 0.717) is 17.9 Å². The van der Waals surface area contributed by atoms with Crippen molar-refractivity contribution in [1.29, 1.82) is 0 Å². The molecule has 27 heavy (non-hydrogen) atoms. The topological polar surface area (TPSA) is 84.9 Å². The van der Waals surface area contributed by atoms with Gasteiger partial charge in [0.15, 0.2) is 0 Å². The largest absolute Gasteiger partial charge is 0.448 e. The van der Waals surface area contributed by atoms with Crippen molar-refractivity contribution in [2.75, 3.05) is 14.1 Å². The number of nitrogens with zero attached hydrogens (tertiary/aromatic N) is 1. The van der Waals surface area contributed by atoms with E-state index in [1.807, 2.05) is 6.92 Å². The van der Waals surface area contributed by atoms with Crippen LogP contribution in [0.1, 0.15) is 19.8 Å². The molecule has 0 fully saturated rings. The Morgan fingerprint density at radius 2 is 1.41 bits per heavy atom. The van der Waals surface area contributed by atoms with Crippen molar-refractivity contribution in [1.82, 2.24) is 9.03 Å². The summed E-state index contributed by atoms with van der Waals surface area (Å²) >= 11 is 0. The molecular formula is C18H25N2O5PS. The molecule has 0 bridgehead atoms. The molecule has 2 aromatic carbocycles. The van der Waals surface area contributed by atoms with Gasteiger partial charge in [-0.15, -0.1) is 0 Å². The lowest BCUT2D eigenvalue weighted by atomic mass is 10.3. The summed E-state index contributed by atoms with van der Waals surface area (Å²) in [5, 5.41) is 0. The highest BCUT2D eigenvalue weighted by Gasteiger charge is 2.41. The maximum atomic E-state index is 13.8. The molecule has 1 unspecified atom stereocenters. The Morgan fingerprint density at radius 1 is 0.963 bits per heavy atom. The summed E-state index contributed by atoms with van der Waals surface area (Å²) < 4.78 is 53.4. The molecule has 0 aliphatic carbocycles. The summed E-state index contributed by atoms with van der Waals surface area (Å²) in [4.78, 5) is 0. The molecule has 2 aromatic rings. The van der Waals surface area contributed by atoms with Crippen molar-refractivity contribution < 1.29 is 22.0 Å². The van der Waals surface area contributed by atoms with Crippen molar-refractivity contribution in [3.8, 4) is 11.5 Å². The molecule has 0 radical (unpaired) electrons. The zero-order valence-corrected chi connectivity index (χ0v) is 17.3. The van der Waals surface area contributed by atoms with Gasteiger partial charge >= 0.3 is 7.60 Å². The van der Waals surface area contributed by atoms with Gasteiger partial charge in [-0.25, -0.2) is 4.57 Å². The van der Waals surface area contributed by atoms with Gasteiger partial charge in [-0.3, -0.25) is 0 Å². The molecule has 0 saturated heterocycles. The van der Waals surface area contributed by atoms with Crippen molar-refractivity contribution in [2.24, 2.45) is 0 Å². The van der Waals surface area contributed by atoms with Gasteiger partial charge in [-0.05, 0) is 30.7 Å². The van der Waals surface area contributed by atoms with Crippen LogP contribution in [0.5, 0.6) is 11.5 Å². The molecule has 1 atom stereocenters. The van der Waals surface area contributed by atoms with Crippen molar-refractivity contribution >= 4 is 17.8 Å². The Morgan fingerprint density at radius 3 is 1.78 bits per heavy atom. The van der Waals surface area contributed by atoms with Gasteiger partial charge in [-0.2, -0.15) is 17.4 Å². The molecule has 9 heteroatoms. The van der Waals surface area contributed by atoms with E-state index in [1.54, 1.807) is 60.7 Å². The fourth-order valence-corrected chi connectivity index (χ4v) is 5.52. The van der Waals surface area contributed by atoms with Gasteiger partial charge in [0, 0.05) is 14.1 Å². The molecule has 0 aliphatic heterocycles. The van der Waals surface area contributed by atoms with E-state index in [1.165, 1.54) is 14.1 Å². The van der Waals surface area contributed by atoms with Crippen molar-refractivity contribution in [2.45, 2.75) is 25.5 Å². The monoisotopic (exact) mass is 412 g/mol. The maximum Gasteiger partial charge on any atom is 0.448 e. The minimum absolute atomic E-state index is 0.282. The Bertz CT molecular complexity index is 814. The highest BCUT2D eigenvalue weighted by Crippen LogP contribution is 2.53. The van der Waals surface area contributed by atoms with E-state index in [-0.39, 0.29) is 6.42 Å². The Balaban J connectivity index is 2.42. The first-order valence-electron chi connectivity index (χ1n) is 8.55. The molecule has 2 rings (SSSR count). The lowest BCUT2D eigenvalue weighted by molar-refractivity contribution is 0.361. The fraction of sp³-hybridized carbons (Fsp3) is 0.333. The van der Waals surface area contributed by atoms with Crippen LogP contribution in [0.4, 0.5) is 0 Å². The smallest absolute Gasteiger partial charge is 0.415 e. The molecular weight excluding hydrogens is 387 g/mol. The highest BCUT2D eigenvalue weighted by atomic mass is 32.2. The third-order valence-electron chi connectivity index (χ3n) is 3.66. The van der Waals surface area contributed by atoms with E-state index in [2.05, 4.69) is 4.72 Å². The predicted molar refractivity (Wildman–Crippen MR) is 106 cm³/mol. The average molecular weight is 412 g/mol. The van der Waals surface area contributed by atoms with Gasteiger partial charge < -0.3 is 9.05 Å². The van der Waals surface area contributed by atoms with Gasteiger partial charge in [-0.1, -0.05) is 49.7 Å². The van der Waals surface area contributed by atoms with Crippen LogP contribution in [0.2, 0.25) is 0 Å². The number of nitrogens with one attached hydrogen (secondary N) is 1. The molecule has 0 heterocycles. The first-order valence-corrected chi connectivity index (χ1v) is 11.6. The summed E-state index contributed by atoms with van der Waals surface area (Å²) in [6, 6.07) is 17.1. The summed E-state index contributed by atoms with van der Waals surface area (Å²) in [5.74, 6) is -0.376. The first-order chi connectivity index (χ1) is 12.8. The van der Waals surface area contributed by atoms with Gasteiger partial charge in [0.25, 0.3) is 10.2 Å². The molecule has 7 nitrogen and oxygen atoms in total. The van der Waals surface area contributed by atoms with E-state index in [9.17, 15) is 13.0 Å². The second-order valence-corrected chi connectivity index (χ2v) is 10.0. The van der Waals surface area contributed by atoms with Crippen LogP contribution in [-0.2, 0) is 14.8 Å². The average Bonchev–Trinajstić information content (AvgIpc) is 2.62. The van der Waals surface area contributed by atoms with E-state index in [4.69, 9.17) is 9.05 Å². The van der Waals surface area contributed by atoms with E-state index >= 15 is 0 Å². The zero-order chi connectivity index (χ0) is 19.9. The summed E-state index contributed by atoms with van der Waals surface area (Å²) in [7, 11) is -4.99. The lowest BCUT2D eigenvalue weighted by Crippen LogP contribution is -2.43. The number of hydrogen-bond donors (Lipinski definition) is 1. The normalized spacial score (nSPS) is 13.3. The van der Waals surface area contributed by atoms with Crippen molar-refractivity contribution in [3.63, 3.8) is 0 Å². The lowest BCUT2D eigenvalue weighted by Gasteiger charge is -2.28. The number of para-hydroxylation sites is 2. The SMILES string of the molecule is CCCC(NS(=O)(=O)N(C)C)P(=O)(Oc1ccccc1)Oc1ccccc1. The minimum atomic E-state index is -3.94. The van der Waals surface area contributed by atoms with Crippen LogP contribution < -0.4 is 13.8 Å². The molecule has 0 aliphatic rings. The third kappa shape index (κ3) is 6.07. The molecule has 0 aromatic heterocycles. The van der Waals surface area contributed by atoms with Crippen LogP contribution in [0.3, 0.4) is 0 Å². The molecule has 148 valence electrons. The third-order valence-corrected chi connectivity index (χ3v) is 7.46. The van der Waals surface area contributed by atoms with Gasteiger partial charge in [0.1, 0.15) is 17.3 Å². The number of benzene rings is 2. The Kier molecular flexibility index (Phi) is 7.44. The zero-order valence-electron chi connectivity index (χ0n) is 15.6. The maximum absolute atomic E-state index is 13.8. The van der Waals surface area contributed by atoms with Crippen LogP contribution >= 0.6 is 7.60 Å². The predicted octanol–water partition coefficient (Wildman–Crippen LogP) is 3.86. The molecule has 0 amide bonds. The van der Waals surface area contributed by atoms with Crippen molar-refractivity contribution in [3.05, 3.63) is 60.7 Å². The fourth-order valence-electron chi connectivity index (χ4n) is 2.23.